The molecule has 0 saturated carbocycles. The molecule has 3 rings (SSSR count). The third-order valence-corrected chi connectivity index (χ3v) is 6.52. The molecule has 2 amide bonds. The summed E-state index contributed by atoms with van der Waals surface area (Å²) in [6.07, 6.45) is 0.602. The van der Waals surface area contributed by atoms with Crippen LogP contribution in [-0.2, 0) is 29.0 Å². The van der Waals surface area contributed by atoms with Gasteiger partial charge in [-0.15, -0.1) is 0 Å². The Hall–Kier alpha value is -2.82. The van der Waals surface area contributed by atoms with Gasteiger partial charge in [0.05, 0.1) is 16.5 Å². The smallest absolute Gasteiger partial charge is 0.242 e. The van der Waals surface area contributed by atoms with Crippen molar-refractivity contribution in [2.24, 2.45) is 0 Å². The van der Waals surface area contributed by atoms with Crippen molar-refractivity contribution in [1.82, 2.24) is 10.2 Å². The zero-order valence-corrected chi connectivity index (χ0v) is 20.6. The van der Waals surface area contributed by atoms with Crippen LogP contribution in [0.15, 0.2) is 66.7 Å². The number of carbonyl (C=O) groups excluding carboxylic acids is 2. The minimum Gasteiger partial charge on any atom is -0.357 e. The molecule has 33 heavy (non-hydrogen) atoms. The molecule has 0 aliphatic heterocycles. The lowest BCUT2D eigenvalue weighted by Crippen LogP contribution is -2.50. The number of halogens is 2. The van der Waals surface area contributed by atoms with Crippen molar-refractivity contribution < 1.29 is 9.59 Å². The lowest BCUT2D eigenvalue weighted by molar-refractivity contribution is -0.140. The van der Waals surface area contributed by atoms with Crippen molar-refractivity contribution in [2.75, 3.05) is 7.05 Å². The Bertz CT molecular complexity index is 1130. The van der Waals surface area contributed by atoms with E-state index in [-0.39, 0.29) is 24.8 Å². The summed E-state index contributed by atoms with van der Waals surface area (Å²) in [5.74, 6) is -0.346. The molecule has 1 N–H and O–H groups in total. The first kappa shape index (κ1) is 24.8. The van der Waals surface area contributed by atoms with Gasteiger partial charge in [0.25, 0.3) is 0 Å². The monoisotopic (exact) mass is 482 g/mol. The predicted molar refractivity (Wildman–Crippen MR) is 135 cm³/mol. The van der Waals surface area contributed by atoms with E-state index in [2.05, 4.69) is 5.32 Å². The minimum atomic E-state index is -0.675. The number of nitrogens with zero attached hydrogens (tertiary/aromatic N) is 1. The third-order valence-electron chi connectivity index (χ3n) is 5.78. The van der Waals surface area contributed by atoms with E-state index in [1.165, 1.54) is 5.56 Å². The van der Waals surface area contributed by atoms with Crippen LogP contribution in [0.1, 0.15) is 27.8 Å². The van der Waals surface area contributed by atoms with Gasteiger partial charge in [-0.25, -0.2) is 0 Å². The summed E-state index contributed by atoms with van der Waals surface area (Å²) in [6, 6.07) is 20.3. The second-order valence-electron chi connectivity index (χ2n) is 8.19. The highest BCUT2D eigenvalue weighted by molar-refractivity contribution is 6.42. The van der Waals surface area contributed by atoms with Crippen molar-refractivity contribution in [1.29, 1.82) is 0 Å². The Labute approximate surface area is 205 Å². The van der Waals surface area contributed by atoms with Gasteiger partial charge in [-0.1, -0.05) is 77.8 Å². The Balaban J connectivity index is 1.96. The molecule has 4 nitrogen and oxygen atoms in total. The molecule has 3 aromatic carbocycles. The fraction of sp³-hybridized carbons (Fsp3) is 0.259. The van der Waals surface area contributed by atoms with Crippen LogP contribution in [0.4, 0.5) is 0 Å². The van der Waals surface area contributed by atoms with Gasteiger partial charge in [0, 0.05) is 20.0 Å². The highest BCUT2D eigenvalue weighted by atomic mass is 35.5. The summed E-state index contributed by atoms with van der Waals surface area (Å²) in [5, 5.41) is 3.58. The number of carbonyl (C=O) groups is 2. The fourth-order valence-corrected chi connectivity index (χ4v) is 4.07. The first-order valence-electron chi connectivity index (χ1n) is 10.8. The molecule has 0 aromatic heterocycles. The van der Waals surface area contributed by atoms with Crippen LogP contribution in [0.5, 0.6) is 0 Å². The quantitative estimate of drug-likeness (QED) is 0.458. The standard InChI is InChI=1S/C27H28Cl2N2O2/c1-18-9-10-21(13-19(18)2)16-26(32)31(17-22-11-12-23(28)24(29)14-22)25(27(33)30-3)15-20-7-5-4-6-8-20/h4-14,25H,15-17H2,1-3H3,(H,30,33)/t25-/m0/s1. The lowest BCUT2D eigenvalue weighted by atomic mass is 10.0. The molecule has 0 aliphatic carbocycles. The van der Waals surface area contributed by atoms with Gasteiger partial charge in [-0.3, -0.25) is 9.59 Å². The number of aryl methyl sites for hydroxylation is 2. The third kappa shape index (κ3) is 6.59. The second kappa shape index (κ2) is 11.4. The van der Waals surface area contributed by atoms with E-state index >= 15 is 0 Å². The summed E-state index contributed by atoms with van der Waals surface area (Å²) >= 11 is 12.3. The van der Waals surface area contributed by atoms with Crippen molar-refractivity contribution in [3.63, 3.8) is 0 Å². The van der Waals surface area contributed by atoms with Crippen LogP contribution in [0.2, 0.25) is 10.0 Å². The zero-order valence-electron chi connectivity index (χ0n) is 19.1. The topological polar surface area (TPSA) is 49.4 Å². The molecule has 0 heterocycles. The molecule has 0 spiro atoms. The van der Waals surface area contributed by atoms with Gasteiger partial charge in [-0.05, 0) is 53.8 Å². The Morgan fingerprint density at radius 3 is 2.18 bits per heavy atom. The van der Waals surface area contributed by atoms with Crippen LogP contribution in [-0.4, -0.2) is 29.8 Å². The van der Waals surface area contributed by atoms with Gasteiger partial charge in [0.2, 0.25) is 11.8 Å². The normalized spacial score (nSPS) is 11.7. The number of benzene rings is 3. The summed E-state index contributed by atoms with van der Waals surface area (Å²) < 4.78 is 0. The fourth-order valence-electron chi connectivity index (χ4n) is 3.74. The van der Waals surface area contributed by atoms with Gasteiger partial charge < -0.3 is 10.2 Å². The molecule has 172 valence electrons. The van der Waals surface area contributed by atoms with Crippen LogP contribution >= 0.6 is 23.2 Å². The summed E-state index contributed by atoms with van der Waals surface area (Å²) in [5.41, 5.74) is 5.00. The van der Waals surface area contributed by atoms with E-state index < -0.39 is 6.04 Å². The van der Waals surface area contributed by atoms with Crippen LogP contribution in [0.3, 0.4) is 0 Å². The maximum Gasteiger partial charge on any atom is 0.242 e. The van der Waals surface area contributed by atoms with E-state index in [4.69, 9.17) is 23.2 Å². The van der Waals surface area contributed by atoms with E-state index in [0.717, 1.165) is 22.3 Å². The number of amides is 2. The minimum absolute atomic E-state index is 0.131. The van der Waals surface area contributed by atoms with Crippen LogP contribution in [0, 0.1) is 13.8 Å². The molecule has 1 atom stereocenters. The van der Waals surface area contributed by atoms with Gasteiger partial charge in [0.1, 0.15) is 6.04 Å². The zero-order chi connectivity index (χ0) is 24.0. The van der Waals surface area contributed by atoms with E-state index in [0.29, 0.717) is 16.5 Å². The number of hydrogen-bond donors (Lipinski definition) is 1. The van der Waals surface area contributed by atoms with E-state index in [9.17, 15) is 9.59 Å². The number of likely N-dealkylation sites (N-methyl/N-ethyl adjacent to an activating group) is 1. The average Bonchev–Trinajstić information content (AvgIpc) is 2.81. The second-order valence-corrected chi connectivity index (χ2v) is 9.00. The summed E-state index contributed by atoms with van der Waals surface area (Å²) in [4.78, 5) is 28.2. The van der Waals surface area contributed by atoms with E-state index in [1.54, 1.807) is 24.1 Å². The van der Waals surface area contributed by atoms with Gasteiger partial charge in [0.15, 0.2) is 0 Å². The molecule has 3 aromatic rings. The molecule has 6 heteroatoms. The number of rotatable bonds is 8. The summed E-state index contributed by atoms with van der Waals surface area (Å²) in [6.45, 7) is 4.31. The molecule has 0 fully saturated rings. The first-order valence-corrected chi connectivity index (χ1v) is 11.6. The Morgan fingerprint density at radius 2 is 1.55 bits per heavy atom. The Kier molecular flexibility index (Phi) is 8.54. The summed E-state index contributed by atoms with van der Waals surface area (Å²) in [7, 11) is 1.59. The van der Waals surface area contributed by atoms with E-state index in [1.807, 2.05) is 68.4 Å². The van der Waals surface area contributed by atoms with Gasteiger partial charge >= 0.3 is 0 Å². The van der Waals surface area contributed by atoms with Crippen molar-refractivity contribution in [3.05, 3.63) is 105 Å². The van der Waals surface area contributed by atoms with Crippen molar-refractivity contribution in [2.45, 2.75) is 39.3 Å². The maximum atomic E-state index is 13.6. The molecular formula is C27H28Cl2N2O2. The highest BCUT2D eigenvalue weighted by Gasteiger charge is 2.30. The number of hydrogen-bond acceptors (Lipinski definition) is 2. The van der Waals surface area contributed by atoms with Crippen molar-refractivity contribution in [3.8, 4) is 0 Å². The average molecular weight is 483 g/mol. The van der Waals surface area contributed by atoms with Crippen LogP contribution in [0.25, 0.3) is 0 Å². The Morgan fingerprint density at radius 1 is 0.848 bits per heavy atom. The highest BCUT2D eigenvalue weighted by Crippen LogP contribution is 2.25. The molecular weight excluding hydrogens is 455 g/mol. The molecule has 0 radical (unpaired) electrons. The predicted octanol–water partition coefficient (Wildman–Crippen LogP) is 5.54. The maximum absolute atomic E-state index is 13.6. The first-order chi connectivity index (χ1) is 15.8. The van der Waals surface area contributed by atoms with Crippen molar-refractivity contribution >= 4 is 35.0 Å². The molecule has 0 aliphatic rings. The largest absolute Gasteiger partial charge is 0.357 e. The SMILES string of the molecule is CNC(=O)[C@H](Cc1ccccc1)N(Cc1ccc(Cl)c(Cl)c1)C(=O)Cc1ccc(C)c(C)c1. The number of nitrogens with one attached hydrogen (secondary N) is 1. The van der Waals surface area contributed by atoms with Crippen LogP contribution < -0.4 is 5.32 Å². The molecule has 0 unspecified atom stereocenters. The van der Waals surface area contributed by atoms with Gasteiger partial charge in [-0.2, -0.15) is 0 Å². The molecule has 0 bridgehead atoms. The lowest BCUT2D eigenvalue weighted by Gasteiger charge is -2.31. The molecule has 0 saturated heterocycles.